The van der Waals surface area contributed by atoms with Gasteiger partial charge < -0.3 is 20.1 Å². The van der Waals surface area contributed by atoms with E-state index >= 15 is 0 Å². The van der Waals surface area contributed by atoms with E-state index in [1.807, 2.05) is 24.3 Å². The highest BCUT2D eigenvalue weighted by atomic mass is 16.5. The lowest BCUT2D eigenvalue weighted by Crippen LogP contribution is -2.23. The van der Waals surface area contributed by atoms with Crippen molar-refractivity contribution in [1.82, 2.24) is 4.98 Å². The number of aromatic nitrogens is 1. The average molecular weight is 377 g/mol. The summed E-state index contributed by atoms with van der Waals surface area (Å²) in [5, 5.41) is 0. The van der Waals surface area contributed by atoms with E-state index in [0.717, 1.165) is 48.1 Å². The zero-order valence-electron chi connectivity index (χ0n) is 16.7. The van der Waals surface area contributed by atoms with E-state index in [9.17, 15) is 0 Å². The molecule has 5 nitrogen and oxygen atoms in total. The molecule has 2 N–H and O–H groups in total. The van der Waals surface area contributed by atoms with Crippen molar-refractivity contribution in [1.29, 1.82) is 0 Å². The molecule has 0 saturated heterocycles. The van der Waals surface area contributed by atoms with Crippen LogP contribution in [0.5, 0.6) is 11.5 Å². The Bertz CT molecular complexity index is 843. The van der Waals surface area contributed by atoms with Gasteiger partial charge in [-0.05, 0) is 53.4 Å². The predicted octanol–water partition coefficient (Wildman–Crippen LogP) is 4.45. The minimum atomic E-state index is 0.732. The van der Waals surface area contributed by atoms with Crippen LogP contribution < -0.4 is 20.1 Å². The molecule has 0 unspecified atom stereocenters. The molecule has 0 bridgehead atoms. The molecule has 3 aromatic rings. The van der Waals surface area contributed by atoms with Crippen LogP contribution in [0, 0.1) is 0 Å². The molecule has 0 fully saturated rings. The first-order valence-corrected chi connectivity index (χ1v) is 9.38. The number of nitrogens with zero attached hydrogens (tertiary/aromatic N) is 2. The van der Waals surface area contributed by atoms with Crippen LogP contribution in [0.1, 0.15) is 23.6 Å². The fourth-order valence-corrected chi connectivity index (χ4v) is 3.09. The maximum absolute atomic E-state index is 6.06. The van der Waals surface area contributed by atoms with Crippen LogP contribution in [0.3, 0.4) is 0 Å². The lowest BCUT2D eigenvalue weighted by atomic mass is 10.1. The molecule has 0 spiro atoms. The Hall–Kier alpha value is -3.21. The second-order valence-electron chi connectivity index (χ2n) is 6.65. The van der Waals surface area contributed by atoms with Gasteiger partial charge in [0.05, 0.1) is 26.1 Å². The normalized spacial score (nSPS) is 10.5. The number of nitrogens with two attached hydrogens (primary N) is 1. The second-order valence-corrected chi connectivity index (χ2v) is 6.65. The molecule has 1 heterocycles. The monoisotopic (exact) mass is 377 g/mol. The smallest absolute Gasteiger partial charge is 0.129 e. The van der Waals surface area contributed by atoms with Crippen molar-refractivity contribution in [2.75, 3.05) is 24.9 Å². The molecule has 0 aliphatic heterocycles. The van der Waals surface area contributed by atoms with Crippen molar-refractivity contribution in [2.45, 2.75) is 26.4 Å². The van der Waals surface area contributed by atoms with Gasteiger partial charge in [0.15, 0.2) is 0 Å². The fraction of sp³-hybridized carbons (Fsp3) is 0.261. The number of ether oxygens (including phenoxy) is 2. The van der Waals surface area contributed by atoms with Crippen LogP contribution in [0.15, 0.2) is 60.8 Å². The van der Waals surface area contributed by atoms with Crippen molar-refractivity contribution in [3.05, 3.63) is 77.5 Å². The minimum Gasteiger partial charge on any atom is -0.497 e. The molecule has 2 aromatic carbocycles. The van der Waals surface area contributed by atoms with E-state index in [1.165, 1.54) is 11.1 Å². The zero-order valence-corrected chi connectivity index (χ0v) is 16.7. The van der Waals surface area contributed by atoms with Crippen molar-refractivity contribution >= 4 is 11.5 Å². The number of hydrogen-bond acceptors (Lipinski definition) is 5. The molecule has 0 aliphatic carbocycles. The third kappa shape index (κ3) is 4.74. The number of rotatable bonds is 8. The molecule has 0 amide bonds. The van der Waals surface area contributed by atoms with Gasteiger partial charge in [-0.25, -0.2) is 4.98 Å². The summed E-state index contributed by atoms with van der Waals surface area (Å²) < 4.78 is 10.5. The first kappa shape index (κ1) is 19.5. The number of benzene rings is 2. The first-order chi connectivity index (χ1) is 13.6. The molecule has 0 saturated carbocycles. The third-order valence-corrected chi connectivity index (χ3v) is 4.78. The molecule has 0 atom stereocenters. The number of nitrogen functional groups attached to an aromatic ring is 1. The van der Waals surface area contributed by atoms with Gasteiger partial charge in [-0.3, -0.25) is 0 Å². The van der Waals surface area contributed by atoms with E-state index in [4.69, 9.17) is 15.2 Å². The number of aryl methyl sites for hydroxylation is 1. The van der Waals surface area contributed by atoms with Gasteiger partial charge >= 0.3 is 0 Å². The summed E-state index contributed by atoms with van der Waals surface area (Å²) in [5.74, 6) is 2.62. The standard InChI is InChI=1S/C23H27N3O2/c1-4-19-13-23(25-14-22(19)24)26(15-17-5-9-20(27-2)10-6-17)16-18-7-11-21(28-3)12-8-18/h5-14H,4,15-16,24H2,1-3H3. The maximum Gasteiger partial charge on any atom is 0.129 e. The van der Waals surface area contributed by atoms with E-state index in [-0.39, 0.29) is 0 Å². The molecule has 1 aromatic heterocycles. The topological polar surface area (TPSA) is 60.6 Å². The molecule has 0 radical (unpaired) electrons. The molecular weight excluding hydrogens is 350 g/mol. The molecule has 5 heteroatoms. The van der Waals surface area contributed by atoms with Gasteiger partial charge in [0.25, 0.3) is 0 Å². The summed E-state index contributed by atoms with van der Waals surface area (Å²) in [6, 6.07) is 18.3. The summed E-state index contributed by atoms with van der Waals surface area (Å²) in [4.78, 5) is 6.85. The van der Waals surface area contributed by atoms with Crippen molar-refractivity contribution in [3.63, 3.8) is 0 Å². The molecule has 146 valence electrons. The van der Waals surface area contributed by atoms with Crippen LogP contribution in [0.25, 0.3) is 0 Å². The lowest BCUT2D eigenvalue weighted by Gasteiger charge is -2.25. The lowest BCUT2D eigenvalue weighted by molar-refractivity contribution is 0.414. The largest absolute Gasteiger partial charge is 0.497 e. The zero-order chi connectivity index (χ0) is 19.9. The highest BCUT2D eigenvalue weighted by Gasteiger charge is 2.12. The van der Waals surface area contributed by atoms with E-state index in [2.05, 4.69) is 47.1 Å². The van der Waals surface area contributed by atoms with Crippen LogP contribution in [0.4, 0.5) is 11.5 Å². The van der Waals surface area contributed by atoms with Gasteiger partial charge in [0.1, 0.15) is 17.3 Å². The summed E-state index contributed by atoms with van der Waals surface area (Å²) in [7, 11) is 3.35. The number of pyridine rings is 1. The van der Waals surface area contributed by atoms with Gasteiger partial charge in [0.2, 0.25) is 0 Å². The summed E-state index contributed by atoms with van der Waals surface area (Å²) in [5.41, 5.74) is 10.3. The predicted molar refractivity (Wildman–Crippen MR) is 114 cm³/mol. The summed E-state index contributed by atoms with van der Waals surface area (Å²) in [6.45, 7) is 3.57. The Labute approximate surface area is 166 Å². The molecule has 3 rings (SSSR count). The van der Waals surface area contributed by atoms with Crippen molar-refractivity contribution in [2.24, 2.45) is 0 Å². The quantitative estimate of drug-likeness (QED) is 0.628. The van der Waals surface area contributed by atoms with Crippen molar-refractivity contribution in [3.8, 4) is 11.5 Å². The van der Waals surface area contributed by atoms with Crippen molar-refractivity contribution < 1.29 is 9.47 Å². The highest BCUT2D eigenvalue weighted by Crippen LogP contribution is 2.24. The van der Waals surface area contributed by atoms with Crippen LogP contribution in [0.2, 0.25) is 0 Å². The third-order valence-electron chi connectivity index (χ3n) is 4.78. The van der Waals surface area contributed by atoms with Gasteiger partial charge in [0, 0.05) is 13.1 Å². The molecular formula is C23H27N3O2. The Kier molecular flexibility index (Phi) is 6.37. The van der Waals surface area contributed by atoms with E-state index in [0.29, 0.717) is 0 Å². The van der Waals surface area contributed by atoms with E-state index in [1.54, 1.807) is 20.4 Å². The van der Waals surface area contributed by atoms with Gasteiger partial charge in [-0.1, -0.05) is 31.2 Å². The highest BCUT2D eigenvalue weighted by molar-refractivity contribution is 5.53. The van der Waals surface area contributed by atoms with E-state index < -0.39 is 0 Å². The Morgan fingerprint density at radius 2 is 1.36 bits per heavy atom. The number of methoxy groups -OCH3 is 2. The first-order valence-electron chi connectivity index (χ1n) is 9.38. The Morgan fingerprint density at radius 1 is 0.857 bits per heavy atom. The Morgan fingerprint density at radius 3 is 1.79 bits per heavy atom. The van der Waals surface area contributed by atoms with Crippen LogP contribution >= 0.6 is 0 Å². The Balaban J connectivity index is 1.89. The SMILES string of the molecule is CCc1cc(N(Cc2ccc(OC)cc2)Cc2ccc(OC)cc2)ncc1N. The number of hydrogen-bond donors (Lipinski definition) is 1. The molecule has 0 aliphatic rings. The minimum absolute atomic E-state index is 0.732. The fourth-order valence-electron chi connectivity index (χ4n) is 3.09. The average Bonchev–Trinajstić information content (AvgIpc) is 2.74. The van der Waals surface area contributed by atoms with Gasteiger partial charge in [-0.2, -0.15) is 0 Å². The maximum atomic E-state index is 6.06. The number of anilines is 2. The molecule has 28 heavy (non-hydrogen) atoms. The van der Waals surface area contributed by atoms with Gasteiger partial charge in [-0.15, -0.1) is 0 Å². The van der Waals surface area contributed by atoms with Crippen LogP contribution in [-0.4, -0.2) is 19.2 Å². The van der Waals surface area contributed by atoms with Crippen LogP contribution in [-0.2, 0) is 19.5 Å². The second kappa shape index (κ2) is 9.13. The summed E-state index contributed by atoms with van der Waals surface area (Å²) in [6.07, 6.45) is 2.63. The summed E-state index contributed by atoms with van der Waals surface area (Å²) >= 11 is 0.